The molecule has 40 heavy (non-hydrogen) atoms. The van der Waals surface area contributed by atoms with Gasteiger partial charge < -0.3 is 4.90 Å². The van der Waals surface area contributed by atoms with Gasteiger partial charge in [0.25, 0.3) is 0 Å². The summed E-state index contributed by atoms with van der Waals surface area (Å²) in [4.78, 5) is 2.30. The van der Waals surface area contributed by atoms with E-state index in [1.165, 1.54) is 31.3 Å². The number of para-hydroxylation sites is 2. The Morgan fingerprint density at radius 2 is 1.05 bits per heavy atom. The molecule has 1 heterocycles. The van der Waals surface area contributed by atoms with Gasteiger partial charge in [-0.25, -0.2) is 0 Å². The van der Waals surface area contributed by atoms with Gasteiger partial charge in [-0.05, 0) is 76.9 Å². The van der Waals surface area contributed by atoms with E-state index in [1.54, 1.807) is 0 Å². The lowest BCUT2D eigenvalue weighted by molar-refractivity contribution is 1.28. The second kappa shape index (κ2) is 10.3. The van der Waals surface area contributed by atoms with E-state index in [0.29, 0.717) is 0 Å². The molecule has 190 valence electrons. The van der Waals surface area contributed by atoms with Crippen molar-refractivity contribution < 1.29 is 0 Å². The SMILES string of the molecule is C=C(c1ccccc1)c1cc(-c2ccc(N(c3ccccc3)c3ccccc3)cc2)c2sc3ccccc3c2c1. The molecule has 0 fully saturated rings. The van der Waals surface area contributed by atoms with E-state index in [9.17, 15) is 0 Å². The van der Waals surface area contributed by atoms with Gasteiger partial charge in [0.15, 0.2) is 0 Å². The average Bonchev–Trinajstić information content (AvgIpc) is 3.41. The molecule has 0 aliphatic heterocycles. The van der Waals surface area contributed by atoms with Crippen LogP contribution in [0.15, 0.2) is 158 Å². The smallest absolute Gasteiger partial charge is 0.0462 e. The fraction of sp³-hybridized carbons (Fsp3) is 0. The molecule has 0 saturated carbocycles. The van der Waals surface area contributed by atoms with Gasteiger partial charge in [-0.2, -0.15) is 0 Å². The number of nitrogens with zero attached hydrogens (tertiary/aromatic N) is 1. The first-order chi connectivity index (χ1) is 19.8. The van der Waals surface area contributed by atoms with Gasteiger partial charge in [-0.3, -0.25) is 0 Å². The molecule has 2 heteroatoms. The van der Waals surface area contributed by atoms with Crippen LogP contribution in [0.5, 0.6) is 0 Å². The standard InChI is InChI=1S/C38H27NS/c1-27(28-13-5-2-6-14-28)30-25-35(38-36(26-30)34-19-11-12-20-37(34)40-38)29-21-23-33(24-22-29)39(31-15-7-3-8-16-31)32-17-9-4-10-18-32/h2-26H,1H2. The van der Waals surface area contributed by atoms with Gasteiger partial charge in [-0.15, -0.1) is 11.3 Å². The Morgan fingerprint density at radius 3 is 1.70 bits per heavy atom. The third-order valence-electron chi connectivity index (χ3n) is 7.41. The van der Waals surface area contributed by atoms with Crippen LogP contribution < -0.4 is 4.90 Å². The van der Waals surface area contributed by atoms with E-state index in [0.717, 1.165) is 33.8 Å². The maximum Gasteiger partial charge on any atom is 0.0462 e. The monoisotopic (exact) mass is 529 g/mol. The quantitative estimate of drug-likeness (QED) is 0.207. The van der Waals surface area contributed by atoms with Crippen LogP contribution in [0.2, 0.25) is 0 Å². The van der Waals surface area contributed by atoms with E-state index in [2.05, 4.69) is 157 Å². The minimum Gasteiger partial charge on any atom is -0.311 e. The molecule has 0 aliphatic rings. The highest BCUT2D eigenvalue weighted by molar-refractivity contribution is 7.26. The maximum absolute atomic E-state index is 4.50. The van der Waals surface area contributed by atoms with E-state index in [-0.39, 0.29) is 0 Å². The van der Waals surface area contributed by atoms with Gasteiger partial charge in [0.05, 0.1) is 0 Å². The lowest BCUT2D eigenvalue weighted by atomic mass is 9.93. The first kappa shape index (κ1) is 24.1. The highest BCUT2D eigenvalue weighted by Crippen LogP contribution is 2.43. The fourth-order valence-electron chi connectivity index (χ4n) is 5.41. The van der Waals surface area contributed by atoms with Gasteiger partial charge in [0, 0.05) is 42.8 Å². The number of hydrogen-bond donors (Lipinski definition) is 0. The molecule has 1 nitrogen and oxygen atoms in total. The molecule has 0 aliphatic carbocycles. The zero-order chi connectivity index (χ0) is 26.9. The van der Waals surface area contributed by atoms with Gasteiger partial charge in [0.1, 0.15) is 0 Å². The Balaban J connectivity index is 1.38. The molecule has 0 atom stereocenters. The minimum absolute atomic E-state index is 1.04. The van der Waals surface area contributed by atoms with Gasteiger partial charge in [-0.1, -0.05) is 104 Å². The van der Waals surface area contributed by atoms with Crippen molar-refractivity contribution in [3.05, 3.63) is 169 Å². The van der Waals surface area contributed by atoms with Gasteiger partial charge >= 0.3 is 0 Å². The third kappa shape index (κ3) is 4.39. The molecule has 0 bridgehead atoms. The van der Waals surface area contributed by atoms with Crippen molar-refractivity contribution in [2.24, 2.45) is 0 Å². The molecule has 6 aromatic carbocycles. The van der Waals surface area contributed by atoms with Crippen LogP contribution in [-0.4, -0.2) is 0 Å². The van der Waals surface area contributed by atoms with Crippen molar-refractivity contribution in [3.8, 4) is 11.1 Å². The number of rotatable bonds is 6. The van der Waals surface area contributed by atoms with Crippen LogP contribution in [0, 0.1) is 0 Å². The molecule has 7 aromatic rings. The summed E-state index contributed by atoms with van der Waals surface area (Å²) in [6.45, 7) is 4.50. The minimum atomic E-state index is 1.04. The molecule has 0 amide bonds. The second-order valence-corrected chi connectivity index (χ2v) is 10.9. The maximum atomic E-state index is 4.50. The molecule has 7 rings (SSSR count). The van der Waals surface area contributed by atoms with E-state index >= 15 is 0 Å². The molecule has 0 saturated heterocycles. The number of hydrogen-bond acceptors (Lipinski definition) is 2. The van der Waals surface area contributed by atoms with Crippen LogP contribution in [0.4, 0.5) is 17.1 Å². The lowest BCUT2D eigenvalue weighted by Gasteiger charge is -2.25. The van der Waals surface area contributed by atoms with Crippen molar-refractivity contribution in [2.75, 3.05) is 4.90 Å². The predicted molar refractivity (Wildman–Crippen MR) is 174 cm³/mol. The number of thiophene rings is 1. The third-order valence-corrected chi connectivity index (χ3v) is 8.63. The Hall–Kier alpha value is -4.92. The van der Waals surface area contributed by atoms with Crippen molar-refractivity contribution in [1.29, 1.82) is 0 Å². The highest BCUT2D eigenvalue weighted by atomic mass is 32.1. The molecule has 0 spiro atoms. The first-order valence-electron chi connectivity index (χ1n) is 13.5. The molecular weight excluding hydrogens is 502 g/mol. The van der Waals surface area contributed by atoms with Crippen LogP contribution in [0.3, 0.4) is 0 Å². The van der Waals surface area contributed by atoms with Crippen molar-refractivity contribution in [1.82, 2.24) is 0 Å². The molecular formula is C38H27NS. The summed E-state index contributed by atoms with van der Waals surface area (Å²) >= 11 is 1.86. The number of fused-ring (bicyclic) bond motifs is 3. The molecule has 0 unspecified atom stereocenters. The first-order valence-corrected chi connectivity index (χ1v) is 14.3. The Bertz CT molecular complexity index is 1900. The summed E-state index contributed by atoms with van der Waals surface area (Å²) in [7, 11) is 0. The van der Waals surface area contributed by atoms with Crippen molar-refractivity contribution >= 4 is 54.1 Å². The molecule has 0 radical (unpaired) electrons. The van der Waals surface area contributed by atoms with Crippen LogP contribution in [0.25, 0.3) is 36.9 Å². The summed E-state index contributed by atoms with van der Waals surface area (Å²) in [6.07, 6.45) is 0. The Kier molecular flexibility index (Phi) is 6.24. The molecule has 1 aromatic heterocycles. The van der Waals surface area contributed by atoms with E-state index < -0.39 is 0 Å². The Labute approximate surface area is 238 Å². The van der Waals surface area contributed by atoms with Crippen LogP contribution in [-0.2, 0) is 0 Å². The lowest BCUT2D eigenvalue weighted by Crippen LogP contribution is -2.09. The summed E-state index contributed by atoms with van der Waals surface area (Å²) in [5, 5.41) is 2.58. The summed E-state index contributed by atoms with van der Waals surface area (Å²) in [5.41, 5.74) is 9.16. The fourth-order valence-corrected chi connectivity index (χ4v) is 6.63. The second-order valence-electron chi connectivity index (χ2n) is 9.90. The van der Waals surface area contributed by atoms with E-state index in [4.69, 9.17) is 0 Å². The zero-order valence-corrected chi connectivity index (χ0v) is 22.8. The summed E-state index contributed by atoms with van der Waals surface area (Å²) in [5.74, 6) is 0. The normalized spacial score (nSPS) is 11.1. The molecule has 0 N–H and O–H groups in total. The highest BCUT2D eigenvalue weighted by Gasteiger charge is 2.16. The zero-order valence-electron chi connectivity index (χ0n) is 22.0. The summed E-state index contributed by atoms with van der Waals surface area (Å²) < 4.78 is 2.61. The van der Waals surface area contributed by atoms with Gasteiger partial charge in [0.2, 0.25) is 0 Å². The van der Waals surface area contributed by atoms with Crippen molar-refractivity contribution in [3.63, 3.8) is 0 Å². The summed E-state index contributed by atoms with van der Waals surface area (Å²) in [6, 6.07) is 53.8. The van der Waals surface area contributed by atoms with Crippen molar-refractivity contribution in [2.45, 2.75) is 0 Å². The Morgan fingerprint density at radius 1 is 0.500 bits per heavy atom. The number of anilines is 3. The largest absolute Gasteiger partial charge is 0.311 e. The van der Waals surface area contributed by atoms with E-state index in [1.807, 2.05) is 17.4 Å². The number of benzene rings is 6. The van der Waals surface area contributed by atoms with Crippen LogP contribution >= 0.6 is 11.3 Å². The average molecular weight is 530 g/mol. The predicted octanol–water partition coefficient (Wildman–Crippen LogP) is 11.3. The topological polar surface area (TPSA) is 3.24 Å². The van der Waals surface area contributed by atoms with Crippen LogP contribution in [0.1, 0.15) is 11.1 Å².